The van der Waals surface area contributed by atoms with Gasteiger partial charge in [-0.1, -0.05) is 18.2 Å². The van der Waals surface area contributed by atoms with Crippen molar-refractivity contribution in [2.24, 2.45) is 5.73 Å². The summed E-state index contributed by atoms with van der Waals surface area (Å²) in [5, 5.41) is 17.6. The fourth-order valence-corrected chi connectivity index (χ4v) is 1.25. The topological polar surface area (TPSA) is 83.5 Å². The van der Waals surface area contributed by atoms with E-state index in [1.54, 1.807) is 18.2 Å². The molecule has 0 radical (unpaired) electrons. The molecule has 1 atom stereocenters. The van der Waals surface area contributed by atoms with Crippen molar-refractivity contribution >= 4 is 5.97 Å². The molecule has 0 aromatic heterocycles. The zero-order valence-electron chi connectivity index (χ0n) is 7.68. The molecule has 0 aliphatic heterocycles. The van der Waals surface area contributed by atoms with Gasteiger partial charge in [0.2, 0.25) is 0 Å². The van der Waals surface area contributed by atoms with Crippen LogP contribution in [0.25, 0.3) is 0 Å². The maximum absolute atomic E-state index is 10.8. The summed E-state index contributed by atoms with van der Waals surface area (Å²) < 4.78 is 0. The van der Waals surface area contributed by atoms with Crippen molar-refractivity contribution in [3.8, 4) is 0 Å². The number of rotatable bonds is 4. The van der Waals surface area contributed by atoms with E-state index in [0.717, 1.165) is 0 Å². The number of aliphatic hydroxyl groups excluding tert-OH is 1. The molecule has 0 fully saturated rings. The van der Waals surface area contributed by atoms with Gasteiger partial charge in [0.25, 0.3) is 0 Å². The largest absolute Gasteiger partial charge is 0.478 e. The molecule has 4 heteroatoms. The first-order valence-electron chi connectivity index (χ1n) is 4.32. The Hall–Kier alpha value is -1.39. The quantitative estimate of drug-likeness (QED) is 0.643. The van der Waals surface area contributed by atoms with Crippen LogP contribution in [-0.4, -0.2) is 28.8 Å². The van der Waals surface area contributed by atoms with Crippen molar-refractivity contribution < 1.29 is 15.0 Å². The minimum Gasteiger partial charge on any atom is -0.478 e. The van der Waals surface area contributed by atoms with Crippen LogP contribution in [-0.2, 0) is 6.42 Å². The molecule has 0 aliphatic carbocycles. The highest BCUT2D eigenvalue weighted by Crippen LogP contribution is 2.10. The standard InChI is InChI=1S/C10H13NO3/c11-8(6-12)5-7-3-1-2-4-9(7)10(13)14/h1-4,8,12H,5-6,11H2,(H,13,14). The molecule has 0 bridgehead atoms. The summed E-state index contributed by atoms with van der Waals surface area (Å²) >= 11 is 0. The van der Waals surface area contributed by atoms with E-state index in [4.69, 9.17) is 15.9 Å². The SMILES string of the molecule is NC(CO)Cc1ccccc1C(=O)O. The Bertz CT molecular complexity index is 325. The number of carboxylic acids is 1. The number of aromatic carboxylic acids is 1. The summed E-state index contributed by atoms with van der Waals surface area (Å²) in [5.41, 5.74) is 6.43. The van der Waals surface area contributed by atoms with Gasteiger partial charge in [-0.05, 0) is 18.1 Å². The molecular weight excluding hydrogens is 182 g/mol. The van der Waals surface area contributed by atoms with Crippen LogP contribution < -0.4 is 5.73 Å². The van der Waals surface area contributed by atoms with E-state index in [2.05, 4.69) is 0 Å². The van der Waals surface area contributed by atoms with Crippen LogP contribution in [0.15, 0.2) is 24.3 Å². The molecule has 4 N–H and O–H groups in total. The number of hydrogen-bond acceptors (Lipinski definition) is 3. The van der Waals surface area contributed by atoms with Crippen LogP contribution in [0.5, 0.6) is 0 Å². The molecule has 0 saturated heterocycles. The average molecular weight is 195 g/mol. The fraction of sp³-hybridized carbons (Fsp3) is 0.300. The Labute approximate surface area is 82.0 Å². The van der Waals surface area contributed by atoms with Crippen molar-refractivity contribution in [1.82, 2.24) is 0 Å². The second kappa shape index (κ2) is 4.74. The summed E-state index contributed by atoms with van der Waals surface area (Å²) in [6.45, 7) is -0.145. The van der Waals surface area contributed by atoms with Crippen LogP contribution >= 0.6 is 0 Å². The molecule has 4 nitrogen and oxygen atoms in total. The molecule has 1 aromatic carbocycles. The third-order valence-corrected chi connectivity index (χ3v) is 1.96. The summed E-state index contributed by atoms with van der Waals surface area (Å²) in [4.78, 5) is 10.8. The second-order valence-corrected chi connectivity index (χ2v) is 3.11. The van der Waals surface area contributed by atoms with Gasteiger partial charge < -0.3 is 15.9 Å². The van der Waals surface area contributed by atoms with Crippen molar-refractivity contribution in [1.29, 1.82) is 0 Å². The molecule has 0 spiro atoms. The molecule has 0 heterocycles. The van der Waals surface area contributed by atoms with Gasteiger partial charge in [0.05, 0.1) is 12.2 Å². The summed E-state index contributed by atoms with van der Waals surface area (Å²) in [7, 11) is 0. The first-order valence-corrected chi connectivity index (χ1v) is 4.32. The molecule has 0 saturated carbocycles. The zero-order chi connectivity index (χ0) is 10.6. The first kappa shape index (κ1) is 10.7. The lowest BCUT2D eigenvalue weighted by atomic mass is 10.0. The summed E-state index contributed by atoms with van der Waals surface area (Å²) in [6.07, 6.45) is 0.374. The Balaban J connectivity index is 2.90. The van der Waals surface area contributed by atoms with Gasteiger partial charge in [0.15, 0.2) is 0 Å². The van der Waals surface area contributed by atoms with Gasteiger partial charge in [-0.15, -0.1) is 0 Å². The molecule has 0 aliphatic rings. The van der Waals surface area contributed by atoms with Crippen molar-refractivity contribution in [2.75, 3.05) is 6.61 Å². The minimum atomic E-state index is -0.967. The first-order chi connectivity index (χ1) is 6.65. The van der Waals surface area contributed by atoms with Gasteiger partial charge in [0.1, 0.15) is 0 Å². The Morgan fingerprint density at radius 3 is 2.64 bits per heavy atom. The van der Waals surface area contributed by atoms with E-state index < -0.39 is 12.0 Å². The van der Waals surface area contributed by atoms with E-state index in [0.29, 0.717) is 12.0 Å². The maximum Gasteiger partial charge on any atom is 0.335 e. The van der Waals surface area contributed by atoms with Crippen LogP contribution in [0, 0.1) is 0 Å². The number of nitrogens with two attached hydrogens (primary N) is 1. The molecule has 1 aromatic rings. The summed E-state index contributed by atoms with van der Waals surface area (Å²) in [6, 6.07) is 6.25. The zero-order valence-corrected chi connectivity index (χ0v) is 7.68. The Morgan fingerprint density at radius 2 is 2.07 bits per heavy atom. The molecule has 1 rings (SSSR count). The summed E-state index contributed by atoms with van der Waals surface area (Å²) in [5.74, 6) is -0.967. The van der Waals surface area contributed by atoms with Crippen LogP contribution in [0.1, 0.15) is 15.9 Å². The maximum atomic E-state index is 10.8. The third-order valence-electron chi connectivity index (χ3n) is 1.96. The normalized spacial score (nSPS) is 12.4. The fourth-order valence-electron chi connectivity index (χ4n) is 1.25. The number of benzene rings is 1. The van der Waals surface area contributed by atoms with Gasteiger partial charge in [-0.3, -0.25) is 0 Å². The predicted octanol–water partition coefficient (Wildman–Crippen LogP) is 0.247. The van der Waals surface area contributed by atoms with Crippen LogP contribution in [0.4, 0.5) is 0 Å². The predicted molar refractivity (Wildman–Crippen MR) is 52.2 cm³/mol. The molecule has 1 unspecified atom stereocenters. The van der Waals surface area contributed by atoms with E-state index in [9.17, 15) is 4.79 Å². The van der Waals surface area contributed by atoms with Crippen LogP contribution in [0.2, 0.25) is 0 Å². The second-order valence-electron chi connectivity index (χ2n) is 3.11. The highest BCUT2D eigenvalue weighted by atomic mass is 16.4. The van der Waals surface area contributed by atoms with Crippen molar-refractivity contribution in [3.63, 3.8) is 0 Å². The Morgan fingerprint density at radius 1 is 1.43 bits per heavy atom. The van der Waals surface area contributed by atoms with Crippen LogP contribution in [0.3, 0.4) is 0 Å². The number of carboxylic acid groups (broad SMARTS) is 1. The third kappa shape index (κ3) is 2.55. The van der Waals surface area contributed by atoms with Gasteiger partial charge in [-0.25, -0.2) is 4.79 Å². The lowest BCUT2D eigenvalue weighted by Crippen LogP contribution is -2.27. The molecular formula is C10H13NO3. The molecule has 0 amide bonds. The highest BCUT2D eigenvalue weighted by Gasteiger charge is 2.11. The number of carbonyl (C=O) groups is 1. The Kier molecular flexibility index (Phi) is 3.62. The van der Waals surface area contributed by atoms with E-state index in [1.807, 2.05) is 0 Å². The number of hydrogen-bond donors (Lipinski definition) is 3. The van der Waals surface area contributed by atoms with Gasteiger partial charge >= 0.3 is 5.97 Å². The van der Waals surface area contributed by atoms with E-state index >= 15 is 0 Å². The number of aliphatic hydroxyl groups is 1. The van der Waals surface area contributed by atoms with Gasteiger partial charge in [-0.2, -0.15) is 0 Å². The van der Waals surface area contributed by atoms with E-state index in [1.165, 1.54) is 6.07 Å². The van der Waals surface area contributed by atoms with Crippen molar-refractivity contribution in [2.45, 2.75) is 12.5 Å². The molecule has 14 heavy (non-hydrogen) atoms. The molecule has 76 valence electrons. The lowest BCUT2D eigenvalue weighted by molar-refractivity contribution is 0.0695. The minimum absolute atomic E-state index is 0.145. The monoisotopic (exact) mass is 195 g/mol. The van der Waals surface area contributed by atoms with Crippen molar-refractivity contribution in [3.05, 3.63) is 35.4 Å². The highest BCUT2D eigenvalue weighted by molar-refractivity contribution is 5.89. The smallest absolute Gasteiger partial charge is 0.335 e. The van der Waals surface area contributed by atoms with E-state index in [-0.39, 0.29) is 12.2 Å². The van der Waals surface area contributed by atoms with Gasteiger partial charge in [0, 0.05) is 6.04 Å². The average Bonchev–Trinajstić information content (AvgIpc) is 2.18. The lowest BCUT2D eigenvalue weighted by Gasteiger charge is -2.09.